The Morgan fingerprint density at radius 1 is 0.865 bits per heavy atom. The number of ketones is 1. The van der Waals surface area contributed by atoms with Crippen LogP contribution in [0.5, 0.6) is 0 Å². The molecular formula is C30H41ClN4O2. The molecule has 1 amide bonds. The van der Waals surface area contributed by atoms with Crippen molar-refractivity contribution in [3.63, 3.8) is 0 Å². The third-order valence-corrected chi connectivity index (χ3v) is 7.83. The van der Waals surface area contributed by atoms with Crippen LogP contribution in [-0.4, -0.2) is 81.4 Å². The minimum absolute atomic E-state index is 0.00188. The molecule has 2 aliphatic rings. The molecule has 0 aromatic heterocycles. The molecule has 37 heavy (non-hydrogen) atoms. The summed E-state index contributed by atoms with van der Waals surface area (Å²) < 4.78 is 0. The van der Waals surface area contributed by atoms with Crippen molar-refractivity contribution in [2.75, 3.05) is 69.7 Å². The number of para-hydroxylation sites is 1. The molecule has 2 aromatic rings. The van der Waals surface area contributed by atoms with Crippen LogP contribution >= 0.6 is 11.6 Å². The summed E-state index contributed by atoms with van der Waals surface area (Å²) in [6.07, 6.45) is 5.80. The number of anilines is 2. The molecule has 2 aromatic carbocycles. The molecule has 200 valence electrons. The van der Waals surface area contributed by atoms with Crippen molar-refractivity contribution in [1.82, 2.24) is 9.80 Å². The van der Waals surface area contributed by atoms with Gasteiger partial charge in [-0.3, -0.25) is 14.5 Å². The highest BCUT2D eigenvalue weighted by molar-refractivity contribution is 6.30. The summed E-state index contributed by atoms with van der Waals surface area (Å²) >= 11 is 6.15. The Kier molecular flexibility index (Phi) is 10.0. The summed E-state index contributed by atoms with van der Waals surface area (Å²) in [6, 6.07) is 15.7. The number of carbonyl (C=O) groups is 2. The first-order chi connectivity index (χ1) is 17.9. The number of fused-ring (bicyclic) bond motifs is 1. The predicted octanol–water partition coefficient (Wildman–Crippen LogP) is 5.21. The first-order valence-electron chi connectivity index (χ1n) is 13.8. The largest absolute Gasteiger partial charge is 0.369 e. The van der Waals surface area contributed by atoms with Gasteiger partial charge in [0.1, 0.15) is 5.92 Å². The molecule has 1 unspecified atom stereocenters. The zero-order valence-corrected chi connectivity index (χ0v) is 23.1. The minimum atomic E-state index is -0.533. The Balaban J connectivity index is 1.18. The quantitative estimate of drug-likeness (QED) is 0.282. The zero-order chi connectivity index (χ0) is 26.2. The van der Waals surface area contributed by atoms with E-state index in [9.17, 15) is 9.59 Å². The number of unbranched alkanes of at least 4 members (excludes halogenated alkanes) is 3. The molecule has 4 rings (SSSR count). The topological polar surface area (TPSA) is 47.1 Å². The molecule has 2 heterocycles. The number of Topliss-reactive ketones (excluding diaryl/α,β-unsaturated/α-hetero) is 1. The third-order valence-electron chi connectivity index (χ3n) is 7.59. The molecule has 1 fully saturated rings. The van der Waals surface area contributed by atoms with Crippen LogP contribution < -0.4 is 9.80 Å². The van der Waals surface area contributed by atoms with E-state index in [1.54, 1.807) is 0 Å². The minimum Gasteiger partial charge on any atom is -0.369 e. The molecule has 0 saturated carbocycles. The van der Waals surface area contributed by atoms with Crippen LogP contribution in [0.1, 0.15) is 48.9 Å². The lowest BCUT2D eigenvalue weighted by Gasteiger charge is -2.36. The number of piperazine rings is 1. The number of benzene rings is 2. The van der Waals surface area contributed by atoms with Crippen molar-refractivity contribution >= 4 is 34.7 Å². The van der Waals surface area contributed by atoms with E-state index in [-0.39, 0.29) is 11.7 Å². The van der Waals surface area contributed by atoms with Gasteiger partial charge in [0, 0.05) is 49.0 Å². The van der Waals surface area contributed by atoms with Crippen molar-refractivity contribution in [3.8, 4) is 0 Å². The average Bonchev–Trinajstić information content (AvgIpc) is 2.90. The Morgan fingerprint density at radius 2 is 1.62 bits per heavy atom. The van der Waals surface area contributed by atoms with Crippen molar-refractivity contribution in [2.45, 2.75) is 38.5 Å². The second-order valence-electron chi connectivity index (χ2n) is 10.6. The molecule has 1 atom stereocenters. The van der Waals surface area contributed by atoms with Crippen molar-refractivity contribution in [2.24, 2.45) is 5.92 Å². The first-order valence-corrected chi connectivity index (χ1v) is 14.1. The monoisotopic (exact) mass is 524 g/mol. The maximum atomic E-state index is 13.3. The summed E-state index contributed by atoms with van der Waals surface area (Å²) in [7, 11) is 4.08. The Bertz CT molecular complexity index is 1050. The van der Waals surface area contributed by atoms with Gasteiger partial charge in [0.05, 0.1) is 5.69 Å². The highest BCUT2D eigenvalue weighted by Gasteiger charge is 2.38. The van der Waals surface area contributed by atoms with E-state index >= 15 is 0 Å². The van der Waals surface area contributed by atoms with Gasteiger partial charge in [0.15, 0.2) is 5.78 Å². The normalized spacial score (nSPS) is 18.5. The molecule has 7 heteroatoms. The highest BCUT2D eigenvalue weighted by Crippen LogP contribution is 2.33. The highest BCUT2D eigenvalue weighted by atomic mass is 35.5. The molecule has 0 spiro atoms. The average molecular weight is 525 g/mol. The predicted molar refractivity (Wildman–Crippen MR) is 153 cm³/mol. The number of amides is 1. The van der Waals surface area contributed by atoms with Crippen LogP contribution in [0, 0.1) is 5.92 Å². The smallest absolute Gasteiger partial charge is 0.237 e. The van der Waals surface area contributed by atoms with Gasteiger partial charge < -0.3 is 14.7 Å². The summed E-state index contributed by atoms with van der Waals surface area (Å²) in [4.78, 5) is 35.4. The van der Waals surface area contributed by atoms with Gasteiger partial charge in [0.25, 0.3) is 0 Å². The van der Waals surface area contributed by atoms with E-state index in [1.165, 1.54) is 5.69 Å². The number of nitrogens with zero attached hydrogens (tertiary/aromatic N) is 4. The molecular weight excluding hydrogens is 484 g/mol. The second-order valence-corrected chi connectivity index (χ2v) is 11.0. The lowest BCUT2D eigenvalue weighted by Crippen LogP contribution is -2.46. The second kappa shape index (κ2) is 13.4. The van der Waals surface area contributed by atoms with Crippen LogP contribution in [0.15, 0.2) is 48.5 Å². The summed E-state index contributed by atoms with van der Waals surface area (Å²) in [6.45, 7) is 6.87. The molecule has 0 N–H and O–H groups in total. The van der Waals surface area contributed by atoms with Crippen molar-refractivity contribution in [3.05, 3.63) is 59.1 Å². The fraction of sp³-hybridized carbons (Fsp3) is 0.533. The van der Waals surface area contributed by atoms with Gasteiger partial charge >= 0.3 is 0 Å². The lowest BCUT2D eigenvalue weighted by molar-refractivity contribution is -0.121. The zero-order valence-electron chi connectivity index (χ0n) is 22.4. The Hall–Kier alpha value is -2.41. The van der Waals surface area contributed by atoms with E-state index in [1.807, 2.05) is 61.5 Å². The van der Waals surface area contributed by atoms with Crippen LogP contribution in [0.3, 0.4) is 0 Å². The van der Waals surface area contributed by atoms with E-state index in [4.69, 9.17) is 11.6 Å². The summed E-state index contributed by atoms with van der Waals surface area (Å²) in [5.74, 6) is -0.545. The van der Waals surface area contributed by atoms with Crippen molar-refractivity contribution in [1.29, 1.82) is 0 Å². The Labute approximate surface area is 227 Å². The first kappa shape index (κ1) is 27.6. The number of halogens is 1. The number of rotatable bonds is 12. The van der Waals surface area contributed by atoms with Crippen LogP contribution in [0.25, 0.3) is 0 Å². The van der Waals surface area contributed by atoms with Crippen LogP contribution in [-0.2, 0) is 4.79 Å². The standard InChI is InChI=1S/C30H41ClN4O2/c1-32(2)16-10-18-35-28-15-7-6-13-26(28)29(36)27(30(35)37)14-5-3-4-8-17-33-19-21-34(22-20-33)25-12-9-11-24(31)23-25/h6-7,9,11-13,15,23,27H,3-5,8,10,14,16-22H2,1-2H3. The maximum Gasteiger partial charge on any atom is 0.237 e. The molecule has 0 radical (unpaired) electrons. The van der Waals surface area contributed by atoms with Gasteiger partial charge in [-0.05, 0) is 76.8 Å². The molecule has 6 nitrogen and oxygen atoms in total. The number of hydrogen-bond donors (Lipinski definition) is 0. The van der Waals surface area contributed by atoms with E-state index in [0.29, 0.717) is 18.5 Å². The van der Waals surface area contributed by atoms with Crippen LogP contribution in [0.4, 0.5) is 11.4 Å². The van der Waals surface area contributed by atoms with E-state index < -0.39 is 5.92 Å². The van der Waals surface area contributed by atoms with Gasteiger partial charge in [0.2, 0.25) is 5.91 Å². The maximum absolute atomic E-state index is 13.3. The summed E-state index contributed by atoms with van der Waals surface area (Å²) in [5.41, 5.74) is 2.69. The van der Waals surface area contributed by atoms with Crippen molar-refractivity contribution < 1.29 is 9.59 Å². The fourth-order valence-electron chi connectivity index (χ4n) is 5.49. The van der Waals surface area contributed by atoms with E-state index in [2.05, 4.69) is 20.8 Å². The van der Waals surface area contributed by atoms with Gasteiger partial charge in [-0.25, -0.2) is 0 Å². The number of hydrogen-bond acceptors (Lipinski definition) is 5. The third kappa shape index (κ3) is 7.34. The van der Waals surface area contributed by atoms with Gasteiger partial charge in [-0.1, -0.05) is 49.1 Å². The molecule has 1 saturated heterocycles. The molecule has 0 bridgehead atoms. The molecule has 2 aliphatic heterocycles. The fourth-order valence-corrected chi connectivity index (χ4v) is 5.68. The van der Waals surface area contributed by atoms with Crippen LogP contribution in [0.2, 0.25) is 5.02 Å². The summed E-state index contributed by atoms with van der Waals surface area (Å²) in [5, 5.41) is 0.790. The lowest BCUT2D eigenvalue weighted by atomic mass is 9.86. The van der Waals surface area contributed by atoms with E-state index in [0.717, 1.165) is 82.1 Å². The molecule has 0 aliphatic carbocycles. The SMILES string of the molecule is CN(C)CCCN1C(=O)C(CCCCCCN2CCN(c3cccc(Cl)c3)CC2)C(=O)c2ccccc21. The van der Waals surface area contributed by atoms with Gasteiger partial charge in [-0.15, -0.1) is 0 Å². The van der Waals surface area contributed by atoms with Gasteiger partial charge in [-0.2, -0.15) is 0 Å². The number of carbonyl (C=O) groups excluding carboxylic acids is 2. The Morgan fingerprint density at radius 3 is 2.38 bits per heavy atom.